The largest absolute Gasteiger partial charge is 0.494 e. The lowest BCUT2D eigenvalue weighted by Crippen LogP contribution is -2.32. The van der Waals surface area contributed by atoms with Gasteiger partial charge in [0.25, 0.3) is 5.91 Å². The molecule has 0 aliphatic carbocycles. The molecule has 7 heteroatoms. The van der Waals surface area contributed by atoms with Crippen LogP contribution in [0, 0.1) is 6.92 Å². The van der Waals surface area contributed by atoms with Crippen molar-refractivity contribution in [3.05, 3.63) is 74.1 Å². The molecule has 0 radical (unpaired) electrons. The molecule has 2 heterocycles. The van der Waals surface area contributed by atoms with Crippen LogP contribution in [0.15, 0.2) is 45.6 Å². The lowest BCUT2D eigenvalue weighted by molar-refractivity contribution is 0.0663. The molecular formula is C23H22ClNO5. The molecule has 0 saturated carbocycles. The number of benzene rings is 2. The lowest BCUT2D eigenvalue weighted by Gasteiger charge is -2.25. The van der Waals surface area contributed by atoms with Gasteiger partial charge in [-0.2, -0.15) is 0 Å². The van der Waals surface area contributed by atoms with Crippen LogP contribution in [-0.2, 0) is 4.74 Å². The van der Waals surface area contributed by atoms with Crippen LogP contribution in [0.2, 0.25) is 5.02 Å². The Kier molecular flexibility index (Phi) is 5.54. The minimum Gasteiger partial charge on any atom is -0.494 e. The van der Waals surface area contributed by atoms with Crippen LogP contribution in [0.5, 0.6) is 5.75 Å². The third-order valence-corrected chi connectivity index (χ3v) is 5.68. The number of fused-ring (bicyclic) bond motifs is 2. The summed E-state index contributed by atoms with van der Waals surface area (Å²) in [5, 5.41) is 0.835. The predicted molar refractivity (Wildman–Crippen MR) is 115 cm³/mol. The fourth-order valence-electron chi connectivity index (χ4n) is 3.85. The SMILES string of the molecule is CCOc1cccc(C2c3c(oc4cc(C)c(Cl)cc4c3=O)C(=O)N2CCOC)c1. The standard InChI is InChI=1S/C23H22ClNO5/c1-4-29-15-7-5-6-14(11-15)20-19-21(26)16-12-17(24)13(2)10-18(16)30-22(19)23(27)25(20)8-9-28-3/h5-7,10-12,20H,4,8-9H2,1-3H3. The summed E-state index contributed by atoms with van der Waals surface area (Å²) in [5.41, 5.74) is 1.96. The second-order valence-electron chi connectivity index (χ2n) is 7.17. The van der Waals surface area contributed by atoms with Crippen LogP contribution in [0.25, 0.3) is 11.0 Å². The van der Waals surface area contributed by atoms with Crippen LogP contribution in [0.3, 0.4) is 0 Å². The van der Waals surface area contributed by atoms with Gasteiger partial charge in [-0.25, -0.2) is 0 Å². The summed E-state index contributed by atoms with van der Waals surface area (Å²) in [7, 11) is 1.57. The number of carbonyl (C=O) groups is 1. The van der Waals surface area contributed by atoms with Crippen molar-refractivity contribution < 1.29 is 18.7 Å². The van der Waals surface area contributed by atoms with E-state index in [2.05, 4.69) is 0 Å². The zero-order chi connectivity index (χ0) is 21.4. The van der Waals surface area contributed by atoms with Crippen LogP contribution in [0.4, 0.5) is 0 Å². The molecule has 1 amide bonds. The Bertz CT molecular complexity index is 1190. The van der Waals surface area contributed by atoms with Crippen LogP contribution >= 0.6 is 11.6 Å². The van der Waals surface area contributed by atoms with Gasteiger partial charge in [0.1, 0.15) is 11.3 Å². The van der Waals surface area contributed by atoms with Gasteiger partial charge >= 0.3 is 0 Å². The van der Waals surface area contributed by atoms with Crippen molar-refractivity contribution in [3.8, 4) is 5.75 Å². The molecule has 0 fully saturated rings. The number of hydrogen-bond donors (Lipinski definition) is 0. The Morgan fingerprint density at radius 2 is 2.00 bits per heavy atom. The van der Waals surface area contributed by atoms with Crippen molar-refractivity contribution in [1.82, 2.24) is 4.90 Å². The first-order chi connectivity index (χ1) is 14.5. The molecule has 0 N–H and O–H groups in total. The molecule has 3 aromatic rings. The molecular weight excluding hydrogens is 406 g/mol. The highest BCUT2D eigenvalue weighted by Gasteiger charge is 2.42. The third-order valence-electron chi connectivity index (χ3n) is 5.27. The van der Waals surface area contributed by atoms with Crippen LogP contribution in [0.1, 0.15) is 40.2 Å². The van der Waals surface area contributed by atoms with Gasteiger partial charge in [-0.1, -0.05) is 23.7 Å². The van der Waals surface area contributed by atoms with E-state index in [0.717, 1.165) is 11.1 Å². The van der Waals surface area contributed by atoms with E-state index in [1.165, 1.54) is 0 Å². The van der Waals surface area contributed by atoms with E-state index in [4.69, 9.17) is 25.5 Å². The van der Waals surface area contributed by atoms with Gasteiger partial charge in [-0.05, 0) is 49.2 Å². The van der Waals surface area contributed by atoms with Crippen molar-refractivity contribution >= 4 is 28.5 Å². The first kappa shape index (κ1) is 20.4. The molecule has 6 nitrogen and oxygen atoms in total. The Hall–Kier alpha value is -2.83. The summed E-state index contributed by atoms with van der Waals surface area (Å²) in [4.78, 5) is 28.3. The number of methoxy groups -OCH3 is 1. The van der Waals surface area contributed by atoms with Crippen molar-refractivity contribution in [2.24, 2.45) is 0 Å². The fourth-order valence-corrected chi connectivity index (χ4v) is 4.01. The Labute approximate surface area is 179 Å². The summed E-state index contributed by atoms with van der Waals surface area (Å²) in [6.45, 7) is 4.89. The molecule has 156 valence electrons. The van der Waals surface area contributed by atoms with Crippen LogP contribution in [-0.4, -0.2) is 37.7 Å². The van der Waals surface area contributed by atoms with Gasteiger partial charge < -0.3 is 18.8 Å². The van der Waals surface area contributed by atoms with Crippen molar-refractivity contribution in [1.29, 1.82) is 0 Å². The molecule has 0 bridgehead atoms. The topological polar surface area (TPSA) is 69.0 Å². The van der Waals surface area contributed by atoms with E-state index in [-0.39, 0.29) is 17.1 Å². The van der Waals surface area contributed by atoms with Gasteiger partial charge in [-0.15, -0.1) is 0 Å². The molecule has 2 aromatic carbocycles. The molecule has 1 atom stereocenters. The average molecular weight is 428 g/mol. The van der Waals surface area contributed by atoms with Crippen LogP contribution < -0.4 is 10.2 Å². The van der Waals surface area contributed by atoms with Gasteiger partial charge in [0.2, 0.25) is 5.76 Å². The first-order valence-electron chi connectivity index (χ1n) is 9.75. The normalized spacial score (nSPS) is 15.7. The maximum absolute atomic E-state index is 13.5. The molecule has 0 spiro atoms. The smallest absolute Gasteiger partial charge is 0.290 e. The van der Waals surface area contributed by atoms with Gasteiger partial charge in [0, 0.05) is 18.7 Å². The van der Waals surface area contributed by atoms with E-state index in [0.29, 0.717) is 47.1 Å². The lowest BCUT2D eigenvalue weighted by atomic mass is 9.98. The van der Waals surface area contributed by atoms with Crippen molar-refractivity contribution in [2.75, 3.05) is 26.9 Å². The minimum absolute atomic E-state index is 0.0668. The second kappa shape index (κ2) is 8.13. The van der Waals surface area contributed by atoms with Gasteiger partial charge in [-0.3, -0.25) is 9.59 Å². The second-order valence-corrected chi connectivity index (χ2v) is 7.58. The summed E-state index contributed by atoms with van der Waals surface area (Å²) in [6.07, 6.45) is 0. The van der Waals surface area contributed by atoms with Crippen molar-refractivity contribution in [3.63, 3.8) is 0 Å². The van der Waals surface area contributed by atoms with E-state index >= 15 is 0 Å². The fraction of sp³-hybridized carbons (Fsp3) is 0.304. The quantitative estimate of drug-likeness (QED) is 0.585. The molecule has 1 aliphatic heterocycles. The molecule has 4 rings (SSSR count). The molecule has 1 aromatic heterocycles. The number of ether oxygens (including phenoxy) is 2. The first-order valence-corrected chi connectivity index (χ1v) is 10.1. The monoisotopic (exact) mass is 427 g/mol. The molecule has 1 aliphatic rings. The summed E-state index contributed by atoms with van der Waals surface area (Å²) < 4.78 is 16.8. The number of aryl methyl sites for hydroxylation is 1. The van der Waals surface area contributed by atoms with E-state index in [9.17, 15) is 9.59 Å². The minimum atomic E-state index is -0.594. The number of nitrogens with zero attached hydrogens (tertiary/aromatic N) is 1. The Morgan fingerprint density at radius 1 is 1.20 bits per heavy atom. The molecule has 0 saturated heterocycles. The predicted octanol–water partition coefficient (Wildman–Crippen LogP) is 4.35. The summed E-state index contributed by atoms with van der Waals surface area (Å²) in [5.74, 6) is 0.407. The third kappa shape index (κ3) is 3.36. The van der Waals surface area contributed by atoms with Gasteiger partial charge in [0.05, 0.1) is 30.2 Å². The number of hydrogen-bond acceptors (Lipinski definition) is 5. The number of amides is 1. The highest BCUT2D eigenvalue weighted by Crippen LogP contribution is 2.39. The van der Waals surface area contributed by atoms with E-state index < -0.39 is 6.04 Å². The highest BCUT2D eigenvalue weighted by atomic mass is 35.5. The highest BCUT2D eigenvalue weighted by molar-refractivity contribution is 6.32. The van der Waals surface area contributed by atoms with E-state index in [1.807, 2.05) is 38.1 Å². The van der Waals surface area contributed by atoms with Gasteiger partial charge in [0.15, 0.2) is 5.43 Å². The maximum Gasteiger partial charge on any atom is 0.290 e. The molecule has 30 heavy (non-hydrogen) atoms. The number of halogens is 1. The van der Waals surface area contributed by atoms with Crippen molar-refractivity contribution in [2.45, 2.75) is 19.9 Å². The zero-order valence-corrected chi connectivity index (χ0v) is 17.8. The average Bonchev–Trinajstić information content (AvgIpc) is 3.01. The number of rotatable bonds is 6. The number of carbonyl (C=O) groups excluding carboxylic acids is 1. The summed E-state index contributed by atoms with van der Waals surface area (Å²) in [6, 6.07) is 10.1. The zero-order valence-electron chi connectivity index (χ0n) is 17.0. The maximum atomic E-state index is 13.5. The summed E-state index contributed by atoms with van der Waals surface area (Å²) >= 11 is 6.25. The van der Waals surface area contributed by atoms with E-state index in [1.54, 1.807) is 24.1 Å². The molecule has 1 unspecified atom stereocenters. The Morgan fingerprint density at radius 3 is 2.73 bits per heavy atom. The Balaban J connectivity index is 1.95.